The smallest absolute Gasteiger partial charge is 0.161 e. The third-order valence-electron chi connectivity index (χ3n) is 2.19. The Labute approximate surface area is 96.9 Å². The summed E-state index contributed by atoms with van der Waals surface area (Å²) in [6.07, 6.45) is 10.4. The maximum Gasteiger partial charge on any atom is 0.161 e. The van der Waals surface area contributed by atoms with Crippen LogP contribution in [0.15, 0.2) is 36.4 Å². The first-order valence-electron chi connectivity index (χ1n) is 5.46. The SMILES string of the molecule is CC/C=C\C/C=C/c1ccc(O)c(OC)c1. The number of phenolic OH excluding ortho intramolecular Hbond substituents is 1. The predicted molar refractivity (Wildman–Crippen MR) is 67.7 cm³/mol. The van der Waals surface area contributed by atoms with Gasteiger partial charge in [-0.3, -0.25) is 0 Å². The molecular formula is C14H18O2. The van der Waals surface area contributed by atoms with Crippen molar-refractivity contribution in [3.05, 3.63) is 42.0 Å². The number of hydrogen-bond acceptors (Lipinski definition) is 2. The fraction of sp³-hybridized carbons (Fsp3) is 0.286. The molecule has 0 amide bonds. The van der Waals surface area contributed by atoms with Crippen LogP contribution in [-0.2, 0) is 0 Å². The van der Waals surface area contributed by atoms with Gasteiger partial charge in [0.2, 0.25) is 0 Å². The van der Waals surface area contributed by atoms with Gasteiger partial charge in [0.25, 0.3) is 0 Å². The largest absolute Gasteiger partial charge is 0.504 e. The second-order valence-electron chi connectivity index (χ2n) is 3.45. The molecule has 0 radical (unpaired) electrons. The van der Waals surface area contributed by atoms with Gasteiger partial charge in [0.15, 0.2) is 11.5 Å². The lowest BCUT2D eigenvalue weighted by Crippen LogP contribution is -1.84. The molecule has 0 aliphatic rings. The van der Waals surface area contributed by atoms with Crippen molar-refractivity contribution in [3.8, 4) is 11.5 Å². The van der Waals surface area contributed by atoms with Gasteiger partial charge in [-0.1, -0.05) is 37.3 Å². The van der Waals surface area contributed by atoms with Crippen LogP contribution in [-0.4, -0.2) is 12.2 Å². The third-order valence-corrected chi connectivity index (χ3v) is 2.19. The Hall–Kier alpha value is -1.70. The minimum Gasteiger partial charge on any atom is -0.504 e. The molecule has 0 atom stereocenters. The Kier molecular flexibility index (Phi) is 5.20. The molecule has 16 heavy (non-hydrogen) atoms. The van der Waals surface area contributed by atoms with E-state index in [-0.39, 0.29) is 5.75 Å². The number of allylic oxidation sites excluding steroid dienone is 3. The van der Waals surface area contributed by atoms with E-state index in [1.165, 1.54) is 0 Å². The van der Waals surface area contributed by atoms with Crippen LogP contribution in [0.5, 0.6) is 11.5 Å². The van der Waals surface area contributed by atoms with E-state index in [9.17, 15) is 5.11 Å². The van der Waals surface area contributed by atoms with Gasteiger partial charge in [-0.25, -0.2) is 0 Å². The molecule has 0 fully saturated rings. The van der Waals surface area contributed by atoms with Crippen LogP contribution in [0, 0.1) is 0 Å². The molecule has 0 aromatic heterocycles. The summed E-state index contributed by atoms with van der Waals surface area (Å²) in [5, 5.41) is 9.42. The highest BCUT2D eigenvalue weighted by molar-refractivity contribution is 5.55. The van der Waals surface area contributed by atoms with Crippen molar-refractivity contribution in [3.63, 3.8) is 0 Å². The lowest BCUT2D eigenvalue weighted by Gasteiger charge is -2.03. The topological polar surface area (TPSA) is 29.5 Å². The molecule has 2 heteroatoms. The fourth-order valence-corrected chi connectivity index (χ4v) is 1.34. The Morgan fingerprint density at radius 1 is 1.25 bits per heavy atom. The van der Waals surface area contributed by atoms with E-state index >= 15 is 0 Å². The molecule has 0 heterocycles. The van der Waals surface area contributed by atoms with Gasteiger partial charge in [0, 0.05) is 0 Å². The van der Waals surface area contributed by atoms with E-state index < -0.39 is 0 Å². The highest BCUT2D eigenvalue weighted by Gasteiger charge is 1.99. The Bertz CT molecular complexity index is 378. The normalized spacial score (nSPS) is 11.4. The van der Waals surface area contributed by atoms with Gasteiger partial charge in [-0.05, 0) is 30.5 Å². The maximum atomic E-state index is 9.42. The summed E-state index contributed by atoms with van der Waals surface area (Å²) in [6.45, 7) is 2.12. The van der Waals surface area contributed by atoms with Crippen molar-refractivity contribution >= 4 is 6.08 Å². The molecule has 1 rings (SSSR count). The summed E-state index contributed by atoms with van der Waals surface area (Å²) in [7, 11) is 1.55. The van der Waals surface area contributed by atoms with Crippen LogP contribution < -0.4 is 4.74 Å². The van der Waals surface area contributed by atoms with Crippen LogP contribution in [0.2, 0.25) is 0 Å². The minimum absolute atomic E-state index is 0.172. The van der Waals surface area contributed by atoms with Crippen molar-refractivity contribution in [1.29, 1.82) is 0 Å². The number of aromatic hydroxyl groups is 1. The van der Waals surface area contributed by atoms with Gasteiger partial charge in [0.05, 0.1) is 7.11 Å². The maximum absolute atomic E-state index is 9.42. The van der Waals surface area contributed by atoms with E-state index in [0.717, 1.165) is 18.4 Å². The van der Waals surface area contributed by atoms with Crippen LogP contribution in [0.25, 0.3) is 6.08 Å². The van der Waals surface area contributed by atoms with E-state index in [1.807, 2.05) is 18.2 Å². The number of benzene rings is 1. The second kappa shape index (κ2) is 6.72. The van der Waals surface area contributed by atoms with E-state index in [2.05, 4.69) is 25.2 Å². The third kappa shape index (κ3) is 3.81. The molecule has 0 unspecified atom stereocenters. The van der Waals surface area contributed by atoms with Crippen molar-refractivity contribution in [2.45, 2.75) is 19.8 Å². The number of hydrogen-bond donors (Lipinski definition) is 1. The molecule has 1 aromatic rings. The van der Waals surface area contributed by atoms with Gasteiger partial charge >= 0.3 is 0 Å². The molecule has 0 saturated heterocycles. The Morgan fingerprint density at radius 2 is 2.06 bits per heavy atom. The molecule has 0 saturated carbocycles. The van der Waals surface area contributed by atoms with Crippen molar-refractivity contribution < 1.29 is 9.84 Å². The number of rotatable bonds is 5. The summed E-state index contributed by atoms with van der Waals surface area (Å²) >= 11 is 0. The van der Waals surface area contributed by atoms with E-state index in [1.54, 1.807) is 13.2 Å². The average Bonchev–Trinajstić information content (AvgIpc) is 2.31. The molecule has 0 spiro atoms. The van der Waals surface area contributed by atoms with Crippen LogP contribution >= 0.6 is 0 Å². The lowest BCUT2D eigenvalue weighted by molar-refractivity contribution is 0.373. The molecular weight excluding hydrogens is 200 g/mol. The molecule has 0 aliphatic heterocycles. The van der Waals surface area contributed by atoms with Gasteiger partial charge in [-0.2, -0.15) is 0 Å². The Balaban J connectivity index is 2.63. The van der Waals surface area contributed by atoms with Crippen molar-refractivity contribution in [2.75, 3.05) is 7.11 Å². The minimum atomic E-state index is 0.172. The Morgan fingerprint density at radius 3 is 2.75 bits per heavy atom. The number of methoxy groups -OCH3 is 1. The molecule has 1 aromatic carbocycles. The summed E-state index contributed by atoms with van der Waals surface area (Å²) in [5.74, 6) is 0.678. The molecule has 0 bridgehead atoms. The zero-order valence-corrected chi connectivity index (χ0v) is 9.81. The quantitative estimate of drug-likeness (QED) is 0.762. The molecule has 2 nitrogen and oxygen atoms in total. The average molecular weight is 218 g/mol. The zero-order valence-electron chi connectivity index (χ0n) is 9.81. The van der Waals surface area contributed by atoms with Crippen LogP contribution in [0.1, 0.15) is 25.3 Å². The fourth-order valence-electron chi connectivity index (χ4n) is 1.34. The van der Waals surface area contributed by atoms with Gasteiger partial charge in [-0.15, -0.1) is 0 Å². The molecule has 1 N–H and O–H groups in total. The second-order valence-corrected chi connectivity index (χ2v) is 3.45. The van der Waals surface area contributed by atoms with Crippen LogP contribution in [0.3, 0.4) is 0 Å². The first-order chi connectivity index (χ1) is 7.77. The monoisotopic (exact) mass is 218 g/mol. The van der Waals surface area contributed by atoms with Crippen molar-refractivity contribution in [2.24, 2.45) is 0 Å². The summed E-state index contributed by atoms with van der Waals surface area (Å²) in [5.41, 5.74) is 1.03. The molecule has 0 aliphatic carbocycles. The first kappa shape index (κ1) is 12.4. The lowest BCUT2D eigenvalue weighted by atomic mass is 10.1. The summed E-state index contributed by atoms with van der Waals surface area (Å²) < 4.78 is 5.03. The summed E-state index contributed by atoms with van der Waals surface area (Å²) in [6, 6.07) is 5.31. The first-order valence-corrected chi connectivity index (χ1v) is 5.46. The van der Waals surface area contributed by atoms with Gasteiger partial charge in [0.1, 0.15) is 0 Å². The van der Waals surface area contributed by atoms with Crippen molar-refractivity contribution in [1.82, 2.24) is 0 Å². The zero-order chi connectivity index (χ0) is 11.8. The predicted octanol–water partition coefficient (Wildman–Crippen LogP) is 3.77. The van der Waals surface area contributed by atoms with E-state index in [0.29, 0.717) is 5.75 Å². The molecule has 86 valence electrons. The number of ether oxygens (including phenoxy) is 1. The van der Waals surface area contributed by atoms with Gasteiger partial charge < -0.3 is 9.84 Å². The van der Waals surface area contributed by atoms with E-state index in [4.69, 9.17) is 4.74 Å². The van der Waals surface area contributed by atoms with Crippen LogP contribution in [0.4, 0.5) is 0 Å². The summed E-state index contributed by atoms with van der Waals surface area (Å²) in [4.78, 5) is 0. The standard InChI is InChI=1S/C14H18O2/c1-3-4-5-6-7-8-12-9-10-13(15)14(11-12)16-2/h4-5,7-11,15H,3,6H2,1-2H3/b5-4-,8-7+. The highest BCUT2D eigenvalue weighted by Crippen LogP contribution is 2.26. The highest BCUT2D eigenvalue weighted by atomic mass is 16.5. The number of phenols is 1.